The average molecular weight is 231 g/mol. The van der Waals surface area contributed by atoms with E-state index in [0.717, 1.165) is 37.2 Å². The zero-order chi connectivity index (χ0) is 12.5. The Morgan fingerprint density at radius 2 is 1.88 bits per heavy atom. The van der Waals surface area contributed by atoms with E-state index in [-0.39, 0.29) is 0 Å². The van der Waals surface area contributed by atoms with Gasteiger partial charge in [0.05, 0.1) is 6.61 Å². The zero-order valence-electron chi connectivity index (χ0n) is 11.1. The van der Waals surface area contributed by atoms with Gasteiger partial charge in [0, 0.05) is 0 Å². The topological polar surface area (TPSA) is 9.23 Å². The predicted molar refractivity (Wildman–Crippen MR) is 73.4 cm³/mol. The highest BCUT2D eigenvalue weighted by Crippen LogP contribution is 2.19. The molecule has 0 saturated carbocycles. The molecule has 1 aromatic carbocycles. The van der Waals surface area contributed by atoms with Gasteiger partial charge in [0.1, 0.15) is 5.75 Å². The highest BCUT2D eigenvalue weighted by Gasteiger charge is 2.00. The first kappa shape index (κ1) is 13.8. The van der Waals surface area contributed by atoms with E-state index in [1.54, 1.807) is 0 Å². The molecule has 0 atom stereocenters. The summed E-state index contributed by atoms with van der Waals surface area (Å²) in [6.07, 6.45) is 8.75. The fraction of sp³-hybridized carbons (Fsp3) is 0.500. The molecule has 1 nitrogen and oxygen atoms in total. The Labute approximate surface area is 106 Å². The molecular formula is C16H23O. The first-order valence-electron chi connectivity index (χ1n) is 6.60. The van der Waals surface area contributed by atoms with Crippen molar-refractivity contribution in [2.75, 3.05) is 6.61 Å². The van der Waals surface area contributed by atoms with Crippen LogP contribution in [0.25, 0.3) is 0 Å². The van der Waals surface area contributed by atoms with Gasteiger partial charge in [-0.25, -0.2) is 0 Å². The summed E-state index contributed by atoms with van der Waals surface area (Å²) in [5, 5.41) is 0. The van der Waals surface area contributed by atoms with E-state index in [1.807, 2.05) is 6.07 Å². The van der Waals surface area contributed by atoms with E-state index in [0.29, 0.717) is 0 Å². The normalized spacial score (nSPS) is 10.2. The van der Waals surface area contributed by atoms with Crippen LogP contribution in [0, 0.1) is 6.08 Å². The van der Waals surface area contributed by atoms with Crippen molar-refractivity contribution in [1.29, 1.82) is 0 Å². The van der Waals surface area contributed by atoms with Gasteiger partial charge < -0.3 is 4.74 Å². The lowest BCUT2D eigenvalue weighted by Gasteiger charge is -2.09. The second kappa shape index (κ2) is 7.94. The minimum Gasteiger partial charge on any atom is -0.494 e. The lowest BCUT2D eigenvalue weighted by Crippen LogP contribution is -1.98. The van der Waals surface area contributed by atoms with Crippen LogP contribution in [0.15, 0.2) is 24.8 Å². The number of rotatable bonds is 8. The van der Waals surface area contributed by atoms with E-state index >= 15 is 0 Å². The minimum atomic E-state index is 0.796. The summed E-state index contributed by atoms with van der Waals surface area (Å²) in [7, 11) is 0. The second-order valence-corrected chi connectivity index (χ2v) is 4.35. The molecule has 0 amide bonds. The maximum absolute atomic E-state index is 5.74. The predicted octanol–water partition coefficient (Wildman–Crippen LogP) is 4.55. The van der Waals surface area contributed by atoms with Crippen molar-refractivity contribution in [2.45, 2.75) is 46.0 Å². The van der Waals surface area contributed by atoms with Crippen LogP contribution in [0.2, 0.25) is 0 Å². The molecule has 1 heteroatoms. The van der Waals surface area contributed by atoms with E-state index in [4.69, 9.17) is 4.74 Å². The van der Waals surface area contributed by atoms with Crippen LogP contribution in [0.5, 0.6) is 5.75 Å². The molecule has 17 heavy (non-hydrogen) atoms. The molecule has 0 aliphatic heterocycles. The van der Waals surface area contributed by atoms with E-state index < -0.39 is 0 Å². The van der Waals surface area contributed by atoms with Gasteiger partial charge in [-0.05, 0) is 48.6 Å². The van der Waals surface area contributed by atoms with Crippen molar-refractivity contribution in [3.8, 4) is 5.75 Å². The van der Waals surface area contributed by atoms with Gasteiger partial charge in [-0.3, -0.25) is 0 Å². The van der Waals surface area contributed by atoms with Crippen LogP contribution in [0.4, 0.5) is 0 Å². The standard InChI is InChI=1S/C16H23O/c1-4-7-9-15-11-14(6-3)12-16(13-15)17-10-8-5-2/h11-13H,3-5,7-10H2,1-2H3. The molecule has 0 bridgehead atoms. The largest absolute Gasteiger partial charge is 0.494 e. The smallest absolute Gasteiger partial charge is 0.120 e. The molecule has 0 fully saturated rings. The van der Waals surface area contributed by atoms with Crippen molar-refractivity contribution in [2.24, 2.45) is 0 Å². The van der Waals surface area contributed by atoms with Gasteiger partial charge in [0.15, 0.2) is 0 Å². The van der Waals surface area contributed by atoms with Gasteiger partial charge in [0.2, 0.25) is 0 Å². The average Bonchev–Trinajstić information content (AvgIpc) is 2.36. The molecule has 1 aromatic rings. The van der Waals surface area contributed by atoms with Crippen molar-refractivity contribution in [3.05, 3.63) is 42.0 Å². The number of benzene rings is 1. The molecule has 0 aliphatic carbocycles. The Balaban J connectivity index is 2.70. The van der Waals surface area contributed by atoms with Gasteiger partial charge in [-0.15, -0.1) is 0 Å². The van der Waals surface area contributed by atoms with Crippen LogP contribution in [-0.2, 0) is 6.42 Å². The Bertz CT molecular complexity index is 341. The summed E-state index contributed by atoms with van der Waals surface area (Å²) in [6, 6.07) is 6.31. The summed E-state index contributed by atoms with van der Waals surface area (Å²) >= 11 is 0. The number of ether oxygens (including phenoxy) is 1. The molecule has 0 aliphatic rings. The third kappa shape index (κ3) is 5.08. The number of aryl methyl sites for hydroxylation is 1. The van der Waals surface area contributed by atoms with Crippen molar-refractivity contribution in [1.82, 2.24) is 0 Å². The van der Waals surface area contributed by atoms with Gasteiger partial charge in [0.25, 0.3) is 0 Å². The summed E-state index contributed by atoms with van der Waals surface area (Å²) in [5.41, 5.74) is 2.36. The Hall–Kier alpha value is -1.24. The quantitative estimate of drug-likeness (QED) is 0.597. The maximum Gasteiger partial charge on any atom is 0.120 e. The minimum absolute atomic E-state index is 0.796. The SMILES string of the molecule is C=[C]c1cc(CCCC)cc(OCCCC)c1. The Kier molecular flexibility index (Phi) is 6.46. The highest BCUT2D eigenvalue weighted by molar-refractivity contribution is 5.37. The Morgan fingerprint density at radius 3 is 2.53 bits per heavy atom. The summed E-state index contributed by atoms with van der Waals surface area (Å²) in [4.78, 5) is 0. The molecule has 1 rings (SSSR count). The van der Waals surface area contributed by atoms with Crippen LogP contribution in [0.3, 0.4) is 0 Å². The first-order valence-corrected chi connectivity index (χ1v) is 6.60. The zero-order valence-corrected chi connectivity index (χ0v) is 11.1. The third-order valence-corrected chi connectivity index (χ3v) is 2.76. The molecule has 0 unspecified atom stereocenters. The fourth-order valence-electron chi connectivity index (χ4n) is 1.71. The van der Waals surface area contributed by atoms with Crippen molar-refractivity contribution in [3.63, 3.8) is 0 Å². The van der Waals surface area contributed by atoms with Gasteiger partial charge in [-0.1, -0.05) is 39.3 Å². The van der Waals surface area contributed by atoms with Crippen molar-refractivity contribution < 1.29 is 4.74 Å². The summed E-state index contributed by atoms with van der Waals surface area (Å²) in [6.45, 7) is 8.89. The lowest BCUT2D eigenvalue weighted by molar-refractivity contribution is 0.309. The maximum atomic E-state index is 5.74. The fourth-order valence-corrected chi connectivity index (χ4v) is 1.71. The van der Waals surface area contributed by atoms with Gasteiger partial charge >= 0.3 is 0 Å². The summed E-state index contributed by atoms with van der Waals surface area (Å²) in [5.74, 6) is 0.957. The van der Waals surface area contributed by atoms with Crippen LogP contribution >= 0.6 is 0 Å². The number of hydrogen-bond donors (Lipinski definition) is 0. The van der Waals surface area contributed by atoms with Gasteiger partial charge in [-0.2, -0.15) is 0 Å². The Morgan fingerprint density at radius 1 is 1.12 bits per heavy atom. The third-order valence-electron chi connectivity index (χ3n) is 2.76. The molecular weight excluding hydrogens is 208 g/mol. The highest BCUT2D eigenvalue weighted by atomic mass is 16.5. The van der Waals surface area contributed by atoms with Crippen LogP contribution in [0.1, 0.15) is 50.7 Å². The van der Waals surface area contributed by atoms with E-state index in [9.17, 15) is 0 Å². The first-order chi connectivity index (χ1) is 8.30. The molecule has 1 radical (unpaired) electrons. The molecule has 0 spiro atoms. The molecule has 0 saturated heterocycles. The van der Waals surface area contributed by atoms with Crippen molar-refractivity contribution >= 4 is 0 Å². The lowest BCUT2D eigenvalue weighted by atomic mass is 10.0. The molecule has 0 heterocycles. The van der Waals surface area contributed by atoms with Crippen LogP contribution in [-0.4, -0.2) is 6.61 Å². The molecule has 93 valence electrons. The monoisotopic (exact) mass is 231 g/mol. The second-order valence-electron chi connectivity index (χ2n) is 4.35. The van der Waals surface area contributed by atoms with E-state index in [2.05, 4.69) is 38.6 Å². The number of hydrogen-bond acceptors (Lipinski definition) is 1. The summed E-state index contributed by atoms with van der Waals surface area (Å²) < 4.78 is 5.74. The molecule has 0 aromatic heterocycles. The molecule has 0 N–H and O–H groups in total. The number of unbranched alkanes of at least 4 members (excludes halogenated alkanes) is 2. The van der Waals surface area contributed by atoms with Crippen LogP contribution < -0.4 is 4.74 Å². The van der Waals surface area contributed by atoms with E-state index in [1.165, 1.54) is 18.4 Å².